The van der Waals surface area contributed by atoms with Gasteiger partial charge in [0.1, 0.15) is 11.6 Å². The molecule has 0 saturated carbocycles. The van der Waals surface area contributed by atoms with Crippen molar-refractivity contribution in [3.05, 3.63) is 40.1 Å². The van der Waals surface area contributed by atoms with Crippen LogP contribution in [0.4, 0.5) is 14.7 Å². The van der Waals surface area contributed by atoms with Gasteiger partial charge in [-0.3, -0.25) is 4.57 Å². The fourth-order valence-corrected chi connectivity index (χ4v) is 2.05. The highest BCUT2D eigenvalue weighted by Crippen LogP contribution is 2.25. The number of nitrogens with zero attached hydrogens (tertiary/aromatic N) is 2. The maximum absolute atomic E-state index is 14.0. The van der Waals surface area contributed by atoms with Gasteiger partial charge in [-0.05, 0) is 42.8 Å². The highest BCUT2D eigenvalue weighted by Gasteiger charge is 2.14. The van der Waals surface area contributed by atoms with Crippen LogP contribution in [0.25, 0.3) is 5.69 Å². The summed E-state index contributed by atoms with van der Waals surface area (Å²) in [6.45, 7) is 5.70. The summed E-state index contributed by atoms with van der Waals surface area (Å²) in [5, 5.41) is 3.10. The van der Waals surface area contributed by atoms with Crippen LogP contribution >= 0.6 is 15.9 Å². The van der Waals surface area contributed by atoms with Gasteiger partial charge in [-0.2, -0.15) is 0 Å². The summed E-state index contributed by atoms with van der Waals surface area (Å²) in [6.07, 6.45) is 1.66. The Bertz CT molecular complexity index is 608. The molecule has 3 nitrogen and oxygen atoms in total. The van der Waals surface area contributed by atoms with E-state index >= 15 is 0 Å². The molecule has 0 atom stereocenters. The number of benzene rings is 1. The zero-order valence-corrected chi connectivity index (χ0v) is 12.4. The number of aryl methyl sites for hydroxylation is 1. The molecule has 6 heteroatoms. The molecule has 0 spiro atoms. The smallest absolute Gasteiger partial charge is 0.208 e. The number of hydrogen-bond acceptors (Lipinski definition) is 2. The maximum Gasteiger partial charge on any atom is 0.208 e. The van der Waals surface area contributed by atoms with Crippen molar-refractivity contribution in [2.75, 3.05) is 5.32 Å². The summed E-state index contributed by atoms with van der Waals surface area (Å²) in [5.74, 6) is -0.538. The van der Waals surface area contributed by atoms with E-state index in [1.165, 1.54) is 4.57 Å². The first-order chi connectivity index (χ1) is 8.88. The minimum atomic E-state index is -0.516. The van der Waals surface area contributed by atoms with Crippen molar-refractivity contribution in [3.63, 3.8) is 0 Å². The third-order valence-electron chi connectivity index (χ3n) is 2.49. The second kappa shape index (κ2) is 5.28. The molecule has 0 aliphatic rings. The number of hydrogen-bond donors (Lipinski definition) is 1. The highest BCUT2D eigenvalue weighted by atomic mass is 79.9. The Hall–Kier alpha value is -1.43. The average molecular weight is 330 g/mol. The van der Waals surface area contributed by atoms with E-state index in [1.54, 1.807) is 13.1 Å². The van der Waals surface area contributed by atoms with Crippen molar-refractivity contribution >= 4 is 21.9 Å². The number of imidazole rings is 1. The van der Waals surface area contributed by atoms with Crippen LogP contribution in [-0.4, -0.2) is 15.6 Å². The van der Waals surface area contributed by atoms with E-state index in [1.807, 2.05) is 13.8 Å². The minimum Gasteiger partial charge on any atom is -0.353 e. The van der Waals surface area contributed by atoms with Gasteiger partial charge in [-0.15, -0.1) is 0 Å². The van der Waals surface area contributed by atoms with Crippen molar-refractivity contribution in [1.82, 2.24) is 9.55 Å². The van der Waals surface area contributed by atoms with Crippen LogP contribution in [0.1, 0.15) is 19.5 Å². The van der Waals surface area contributed by atoms with E-state index in [9.17, 15) is 8.78 Å². The molecule has 0 aliphatic heterocycles. The molecule has 0 saturated heterocycles. The largest absolute Gasteiger partial charge is 0.353 e. The van der Waals surface area contributed by atoms with Crippen molar-refractivity contribution < 1.29 is 8.78 Å². The van der Waals surface area contributed by atoms with E-state index in [4.69, 9.17) is 0 Å². The Morgan fingerprint density at radius 1 is 1.26 bits per heavy atom. The molecule has 1 aromatic heterocycles. The second-order valence-electron chi connectivity index (χ2n) is 4.59. The molecular formula is C13H14BrF2N3. The third-order valence-corrected chi connectivity index (χ3v) is 3.10. The van der Waals surface area contributed by atoms with Crippen LogP contribution in [0.2, 0.25) is 0 Å². The SMILES string of the molecule is Cc1cn(-c2cc(F)c(Br)cc2F)c(NC(C)C)n1. The Labute approximate surface area is 118 Å². The third kappa shape index (κ3) is 2.94. The standard InChI is InChI=1S/C13H14BrF2N3/c1-7(2)17-13-18-8(3)6-19(13)12-5-10(15)9(14)4-11(12)16/h4-7H,1-3H3,(H,17,18). The van der Waals surface area contributed by atoms with E-state index in [0.29, 0.717) is 5.95 Å². The van der Waals surface area contributed by atoms with Gasteiger partial charge in [0.25, 0.3) is 0 Å². The normalized spacial score (nSPS) is 11.1. The predicted octanol–water partition coefficient (Wildman–Crippen LogP) is 4.04. The number of halogens is 3. The van der Waals surface area contributed by atoms with Crippen molar-refractivity contribution in [3.8, 4) is 5.69 Å². The van der Waals surface area contributed by atoms with Gasteiger partial charge < -0.3 is 5.32 Å². The lowest BCUT2D eigenvalue weighted by molar-refractivity contribution is 0.587. The number of rotatable bonds is 3. The average Bonchev–Trinajstić information content (AvgIpc) is 2.63. The topological polar surface area (TPSA) is 29.9 Å². The molecule has 0 fully saturated rings. The summed E-state index contributed by atoms with van der Waals surface area (Å²) >= 11 is 2.96. The summed E-state index contributed by atoms with van der Waals surface area (Å²) in [4.78, 5) is 4.27. The number of nitrogens with one attached hydrogen (secondary N) is 1. The number of aromatic nitrogens is 2. The van der Waals surface area contributed by atoms with Crippen LogP contribution in [0.3, 0.4) is 0 Å². The first kappa shape index (κ1) is 14.0. The van der Waals surface area contributed by atoms with Crippen LogP contribution in [0, 0.1) is 18.6 Å². The second-order valence-corrected chi connectivity index (χ2v) is 5.45. The molecule has 19 heavy (non-hydrogen) atoms. The lowest BCUT2D eigenvalue weighted by atomic mass is 10.3. The van der Waals surface area contributed by atoms with Gasteiger partial charge in [0.2, 0.25) is 5.95 Å². The first-order valence-electron chi connectivity index (χ1n) is 5.86. The van der Waals surface area contributed by atoms with Gasteiger partial charge >= 0.3 is 0 Å². The fourth-order valence-electron chi connectivity index (χ4n) is 1.74. The van der Waals surface area contributed by atoms with E-state index in [2.05, 4.69) is 26.2 Å². The molecule has 0 aliphatic carbocycles. The van der Waals surface area contributed by atoms with Crippen LogP contribution < -0.4 is 5.32 Å². The molecular weight excluding hydrogens is 316 g/mol. The molecule has 0 amide bonds. The summed E-state index contributed by atoms with van der Waals surface area (Å²) in [6, 6.07) is 2.40. The summed E-state index contributed by atoms with van der Waals surface area (Å²) < 4.78 is 29.2. The van der Waals surface area contributed by atoms with Crippen LogP contribution in [0.5, 0.6) is 0 Å². The predicted molar refractivity (Wildman–Crippen MR) is 74.7 cm³/mol. The first-order valence-corrected chi connectivity index (χ1v) is 6.65. The zero-order chi connectivity index (χ0) is 14.2. The van der Waals surface area contributed by atoms with E-state index < -0.39 is 11.6 Å². The lowest BCUT2D eigenvalue weighted by Crippen LogP contribution is -2.14. The monoisotopic (exact) mass is 329 g/mol. The minimum absolute atomic E-state index is 0.101. The maximum atomic E-state index is 14.0. The van der Waals surface area contributed by atoms with Gasteiger partial charge in [0, 0.05) is 18.3 Å². The Morgan fingerprint density at radius 2 is 1.95 bits per heavy atom. The molecule has 0 bridgehead atoms. The molecule has 1 heterocycles. The van der Waals surface area contributed by atoms with Crippen molar-refractivity contribution in [2.24, 2.45) is 0 Å². The molecule has 2 aromatic rings. The highest BCUT2D eigenvalue weighted by molar-refractivity contribution is 9.10. The molecule has 1 N–H and O–H groups in total. The molecule has 1 aromatic carbocycles. The molecule has 2 rings (SSSR count). The van der Waals surface area contributed by atoms with E-state index in [0.717, 1.165) is 17.8 Å². The fraction of sp³-hybridized carbons (Fsp3) is 0.308. The molecule has 102 valence electrons. The van der Waals surface area contributed by atoms with Crippen LogP contribution in [0.15, 0.2) is 22.8 Å². The quantitative estimate of drug-likeness (QED) is 0.861. The van der Waals surface area contributed by atoms with Gasteiger partial charge in [-0.1, -0.05) is 0 Å². The lowest BCUT2D eigenvalue weighted by Gasteiger charge is -2.13. The Balaban J connectivity index is 2.55. The van der Waals surface area contributed by atoms with Crippen molar-refractivity contribution in [2.45, 2.75) is 26.8 Å². The Morgan fingerprint density at radius 3 is 2.58 bits per heavy atom. The van der Waals surface area contributed by atoms with Crippen LogP contribution in [-0.2, 0) is 0 Å². The molecule has 0 unspecified atom stereocenters. The summed E-state index contributed by atoms with van der Waals surface area (Å²) in [7, 11) is 0. The van der Waals surface area contributed by atoms with E-state index in [-0.39, 0.29) is 16.2 Å². The molecule has 0 radical (unpaired) electrons. The van der Waals surface area contributed by atoms with Crippen molar-refractivity contribution in [1.29, 1.82) is 0 Å². The Kier molecular flexibility index (Phi) is 3.89. The van der Waals surface area contributed by atoms with Gasteiger partial charge in [-0.25, -0.2) is 13.8 Å². The van der Waals surface area contributed by atoms with Gasteiger partial charge in [0.05, 0.1) is 15.9 Å². The zero-order valence-electron chi connectivity index (χ0n) is 10.8. The summed E-state index contributed by atoms with van der Waals surface area (Å²) in [5.41, 5.74) is 0.857. The number of anilines is 1. The van der Waals surface area contributed by atoms with Gasteiger partial charge in [0.15, 0.2) is 0 Å².